The maximum Gasteiger partial charge on any atom is 0.333 e. The van der Waals surface area contributed by atoms with Gasteiger partial charge in [-0.3, -0.25) is 4.79 Å². The quantitative estimate of drug-likeness (QED) is 0.603. The fraction of sp³-hybridized carbons (Fsp3) is 0.765. The highest BCUT2D eigenvalue weighted by Gasteiger charge is 2.33. The van der Waals surface area contributed by atoms with Crippen LogP contribution in [0.2, 0.25) is 0 Å². The lowest BCUT2D eigenvalue weighted by molar-refractivity contribution is -0.139. The zero-order chi connectivity index (χ0) is 17.7. The zero-order valence-corrected chi connectivity index (χ0v) is 15.3. The Morgan fingerprint density at radius 1 is 1.27 bits per heavy atom. The first kappa shape index (κ1) is 20.6. The normalized spacial score (nSPS) is 15.5. The molecular weight excluding hydrogens is 280 g/mol. The second-order valence-electron chi connectivity index (χ2n) is 7.10. The topological polar surface area (TPSA) is 72.6 Å². The third-order valence-electron chi connectivity index (χ3n) is 3.70. The van der Waals surface area contributed by atoms with Gasteiger partial charge in [-0.15, -0.1) is 0 Å². The number of hydrogen-bond acceptors (Lipinski definition) is 4. The number of rotatable bonds is 6. The van der Waals surface area contributed by atoms with Gasteiger partial charge in [0.2, 0.25) is 5.91 Å². The first-order valence-corrected chi connectivity index (χ1v) is 7.81. The number of carbonyl (C=O) groups is 2. The van der Waals surface area contributed by atoms with Crippen LogP contribution in [0, 0.1) is 11.3 Å². The Bertz CT molecular complexity index is 422. The van der Waals surface area contributed by atoms with Crippen LogP contribution in [0.4, 0.5) is 0 Å². The van der Waals surface area contributed by atoms with E-state index in [1.807, 2.05) is 34.6 Å². The van der Waals surface area contributed by atoms with Gasteiger partial charge in [-0.1, -0.05) is 40.7 Å². The predicted molar refractivity (Wildman–Crippen MR) is 89.2 cm³/mol. The standard InChI is InChI=1S/C17H32N2O3/c1-9-22-16(21)12(4)10-13(11(2)3)19(8)15(20)14(18)17(5,6)7/h10-11,13-14H,9,18H2,1-8H3/b12-10+. The maximum atomic E-state index is 12.6. The van der Waals surface area contributed by atoms with Crippen molar-refractivity contribution < 1.29 is 14.3 Å². The van der Waals surface area contributed by atoms with E-state index in [4.69, 9.17) is 10.5 Å². The molecule has 5 heteroatoms. The first-order chi connectivity index (χ1) is 9.93. The van der Waals surface area contributed by atoms with Crippen molar-refractivity contribution >= 4 is 11.9 Å². The summed E-state index contributed by atoms with van der Waals surface area (Å²) in [7, 11) is 1.73. The average Bonchev–Trinajstić information content (AvgIpc) is 2.40. The minimum atomic E-state index is -0.588. The maximum absolute atomic E-state index is 12.6. The summed E-state index contributed by atoms with van der Waals surface area (Å²) in [5.74, 6) is -0.321. The summed E-state index contributed by atoms with van der Waals surface area (Å²) in [6.45, 7) is 13.6. The van der Waals surface area contributed by atoms with Gasteiger partial charge in [0.1, 0.15) is 0 Å². The third-order valence-corrected chi connectivity index (χ3v) is 3.70. The molecule has 0 aliphatic heterocycles. The lowest BCUT2D eigenvalue weighted by Crippen LogP contribution is -2.52. The van der Waals surface area contributed by atoms with Gasteiger partial charge in [0.15, 0.2) is 0 Å². The van der Waals surface area contributed by atoms with E-state index in [-0.39, 0.29) is 29.3 Å². The first-order valence-electron chi connectivity index (χ1n) is 7.81. The zero-order valence-electron chi connectivity index (χ0n) is 15.3. The predicted octanol–water partition coefficient (Wildman–Crippen LogP) is 2.35. The lowest BCUT2D eigenvalue weighted by atomic mass is 9.86. The molecule has 1 amide bonds. The molecule has 0 aromatic rings. The Labute approximate surface area is 134 Å². The van der Waals surface area contributed by atoms with Gasteiger partial charge in [-0.2, -0.15) is 0 Å². The van der Waals surface area contributed by atoms with Crippen molar-refractivity contribution in [3.8, 4) is 0 Å². The van der Waals surface area contributed by atoms with E-state index in [1.54, 1.807) is 31.9 Å². The van der Waals surface area contributed by atoms with E-state index in [9.17, 15) is 9.59 Å². The minimum absolute atomic E-state index is 0.126. The number of nitrogens with zero attached hydrogens (tertiary/aromatic N) is 1. The number of likely N-dealkylation sites (N-methyl/N-ethyl adjacent to an activating group) is 1. The number of amides is 1. The molecule has 0 aliphatic rings. The summed E-state index contributed by atoms with van der Waals surface area (Å²) in [6, 6.07) is -0.791. The van der Waals surface area contributed by atoms with Gasteiger partial charge < -0.3 is 15.4 Å². The van der Waals surface area contributed by atoms with Crippen LogP contribution in [0.15, 0.2) is 11.6 Å². The van der Waals surface area contributed by atoms with Crippen LogP contribution in [-0.2, 0) is 14.3 Å². The molecule has 0 bridgehead atoms. The highest BCUT2D eigenvalue weighted by Crippen LogP contribution is 2.22. The largest absolute Gasteiger partial charge is 0.463 e. The molecular formula is C17H32N2O3. The second kappa shape index (κ2) is 8.32. The van der Waals surface area contributed by atoms with E-state index >= 15 is 0 Å². The molecule has 0 radical (unpaired) electrons. The molecule has 0 saturated heterocycles. The van der Waals surface area contributed by atoms with Crippen LogP contribution < -0.4 is 5.73 Å². The molecule has 0 fully saturated rings. The van der Waals surface area contributed by atoms with E-state index in [2.05, 4.69) is 0 Å². The van der Waals surface area contributed by atoms with Gasteiger partial charge >= 0.3 is 5.97 Å². The molecule has 0 rings (SSSR count). The summed E-state index contributed by atoms with van der Waals surface area (Å²) in [5, 5.41) is 0. The van der Waals surface area contributed by atoms with Crippen molar-refractivity contribution in [3.63, 3.8) is 0 Å². The van der Waals surface area contributed by atoms with Gasteiger partial charge in [-0.25, -0.2) is 4.79 Å². The van der Waals surface area contributed by atoms with E-state index < -0.39 is 6.04 Å². The molecule has 0 heterocycles. The summed E-state index contributed by atoms with van der Waals surface area (Å²) < 4.78 is 4.99. The van der Waals surface area contributed by atoms with Crippen LogP contribution in [-0.4, -0.2) is 42.5 Å². The van der Waals surface area contributed by atoms with Crippen LogP contribution in [0.1, 0.15) is 48.5 Å². The van der Waals surface area contributed by atoms with E-state index in [0.29, 0.717) is 12.2 Å². The number of carbonyl (C=O) groups excluding carboxylic acids is 2. The van der Waals surface area contributed by atoms with Crippen LogP contribution >= 0.6 is 0 Å². The monoisotopic (exact) mass is 312 g/mol. The van der Waals surface area contributed by atoms with Gasteiger partial charge in [0, 0.05) is 12.6 Å². The third kappa shape index (κ3) is 5.79. The highest BCUT2D eigenvalue weighted by atomic mass is 16.5. The number of esters is 1. The smallest absolute Gasteiger partial charge is 0.333 e. The van der Waals surface area contributed by atoms with Gasteiger partial charge in [0.25, 0.3) is 0 Å². The van der Waals surface area contributed by atoms with Crippen molar-refractivity contribution in [2.45, 2.75) is 60.5 Å². The molecule has 2 atom stereocenters. The van der Waals surface area contributed by atoms with E-state index in [1.165, 1.54) is 0 Å². The molecule has 0 spiro atoms. The van der Waals surface area contributed by atoms with Crippen molar-refractivity contribution in [2.24, 2.45) is 17.1 Å². The molecule has 0 aromatic carbocycles. The van der Waals surface area contributed by atoms with Crippen molar-refractivity contribution in [3.05, 3.63) is 11.6 Å². The lowest BCUT2D eigenvalue weighted by Gasteiger charge is -2.35. The number of ether oxygens (including phenoxy) is 1. The SMILES string of the molecule is CCOC(=O)/C(C)=C/C(C(C)C)N(C)C(=O)C(N)C(C)(C)C. The fourth-order valence-corrected chi connectivity index (χ4v) is 2.06. The molecule has 128 valence electrons. The molecule has 0 saturated carbocycles. The van der Waals surface area contributed by atoms with Crippen molar-refractivity contribution in [1.82, 2.24) is 4.90 Å². The fourth-order valence-electron chi connectivity index (χ4n) is 2.06. The summed E-state index contributed by atoms with van der Waals surface area (Å²) >= 11 is 0. The van der Waals surface area contributed by atoms with Gasteiger partial charge in [-0.05, 0) is 25.2 Å². The second-order valence-corrected chi connectivity index (χ2v) is 7.10. The average molecular weight is 312 g/mol. The molecule has 0 aromatic heterocycles. The Kier molecular flexibility index (Phi) is 7.81. The summed E-state index contributed by atoms with van der Waals surface area (Å²) in [5.41, 5.74) is 6.26. The van der Waals surface area contributed by atoms with Crippen molar-refractivity contribution in [1.29, 1.82) is 0 Å². The molecule has 22 heavy (non-hydrogen) atoms. The van der Waals surface area contributed by atoms with E-state index in [0.717, 1.165) is 0 Å². The molecule has 2 unspecified atom stereocenters. The Hall–Kier alpha value is -1.36. The van der Waals surface area contributed by atoms with Crippen molar-refractivity contribution in [2.75, 3.05) is 13.7 Å². The highest BCUT2D eigenvalue weighted by molar-refractivity contribution is 5.88. The molecule has 0 aliphatic carbocycles. The summed E-state index contributed by atoms with van der Waals surface area (Å²) in [4.78, 5) is 26.0. The molecule has 5 nitrogen and oxygen atoms in total. The molecule has 2 N–H and O–H groups in total. The summed E-state index contributed by atoms with van der Waals surface area (Å²) in [6.07, 6.45) is 1.79. The Balaban J connectivity index is 5.30. The van der Waals surface area contributed by atoms with Crippen LogP contribution in [0.25, 0.3) is 0 Å². The minimum Gasteiger partial charge on any atom is -0.463 e. The van der Waals surface area contributed by atoms with Crippen LogP contribution in [0.5, 0.6) is 0 Å². The Morgan fingerprint density at radius 2 is 1.77 bits per heavy atom. The van der Waals surface area contributed by atoms with Crippen LogP contribution in [0.3, 0.4) is 0 Å². The Morgan fingerprint density at radius 3 is 2.14 bits per heavy atom. The van der Waals surface area contributed by atoms with Gasteiger partial charge in [0.05, 0.1) is 18.7 Å². The number of hydrogen-bond donors (Lipinski definition) is 1. The number of nitrogens with two attached hydrogens (primary N) is 1.